The Labute approximate surface area is 111 Å². The summed E-state index contributed by atoms with van der Waals surface area (Å²) in [7, 11) is -0.947. The van der Waals surface area contributed by atoms with Gasteiger partial charge in [-0.3, -0.25) is 4.21 Å². The predicted molar refractivity (Wildman–Crippen MR) is 72.9 cm³/mol. The molecule has 0 bridgehead atoms. The lowest BCUT2D eigenvalue weighted by atomic mass is 10.1. The molecular formula is C12H24N2O3S. The minimum absolute atomic E-state index is 0.0778. The fourth-order valence-electron chi connectivity index (χ4n) is 1.46. The highest BCUT2D eigenvalue weighted by Gasteiger charge is 2.42. The van der Waals surface area contributed by atoms with Crippen molar-refractivity contribution in [3.8, 4) is 0 Å². The maximum atomic E-state index is 11.7. The number of aliphatic hydroxyl groups is 1. The quantitative estimate of drug-likeness (QED) is 0.665. The molecular weight excluding hydrogens is 252 g/mol. The number of nitrogens with one attached hydrogen (secondary N) is 2. The van der Waals surface area contributed by atoms with Crippen LogP contribution in [0.5, 0.6) is 0 Å². The molecule has 1 atom stereocenters. The van der Waals surface area contributed by atoms with Crippen LogP contribution in [0.4, 0.5) is 4.79 Å². The molecule has 0 aliphatic heterocycles. The predicted octanol–water partition coefficient (Wildman–Crippen LogP) is 0.605. The number of amides is 2. The summed E-state index contributed by atoms with van der Waals surface area (Å²) >= 11 is 0. The van der Waals surface area contributed by atoms with Gasteiger partial charge in [0.25, 0.3) is 0 Å². The van der Waals surface area contributed by atoms with Crippen molar-refractivity contribution in [1.82, 2.24) is 10.6 Å². The topological polar surface area (TPSA) is 78.4 Å². The average Bonchev–Trinajstić information content (AvgIpc) is 3.05. The first-order valence-corrected chi connectivity index (χ1v) is 7.62. The molecule has 5 nitrogen and oxygen atoms in total. The second-order valence-electron chi connectivity index (χ2n) is 5.93. The Morgan fingerprint density at radius 2 is 1.94 bits per heavy atom. The molecule has 18 heavy (non-hydrogen) atoms. The average molecular weight is 276 g/mol. The molecule has 1 aliphatic rings. The van der Waals surface area contributed by atoms with E-state index in [0.29, 0.717) is 18.8 Å². The van der Waals surface area contributed by atoms with Gasteiger partial charge < -0.3 is 15.7 Å². The van der Waals surface area contributed by atoms with E-state index in [4.69, 9.17) is 5.11 Å². The van der Waals surface area contributed by atoms with E-state index in [1.54, 1.807) is 0 Å². The minimum atomic E-state index is -0.947. The van der Waals surface area contributed by atoms with Crippen LogP contribution in [-0.2, 0) is 10.8 Å². The highest BCUT2D eigenvalue weighted by Crippen LogP contribution is 2.44. The van der Waals surface area contributed by atoms with Gasteiger partial charge in [-0.15, -0.1) is 0 Å². The van der Waals surface area contributed by atoms with E-state index in [9.17, 15) is 9.00 Å². The van der Waals surface area contributed by atoms with Gasteiger partial charge >= 0.3 is 6.03 Å². The van der Waals surface area contributed by atoms with Crippen LogP contribution in [0.25, 0.3) is 0 Å². The lowest BCUT2D eigenvalue weighted by molar-refractivity contribution is 0.203. The summed E-state index contributed by atoms with van der Waals surface area (Å²) in [5.41, 5.74) is -0.0778. The molecule has 1 fully saturated rings. The van der Waals surface area contributed by atoms with Gasteiger partial charge in [0.2, 0.25) is 0 Å². The lowest BCUT2D eigenvalue weighted by Crippen LogP contribution is -2.41. The normalized spacial score (nSPS) is 19.1. The van der Waals surface area contributed by atoms with E-state index < -0.39 is 10.8 Å². The summed E-state index contributed by atoms with van der Waals surface area (Å²) < 4.78 is 11.5. The fourth-order valence-corrected chi connectivity index (χ4v) is 2.36. The number of rotatable bonds is 6. The van der Waals surface area contributed by atoms with Crippen molar-refractivity contribution in [3.63, 3.8) is 0 Å². The third kappa shape index (κ3) is 4.94. The zero-order chi connectivity index (χ0) is 13.8. The maximum Gasteiger partial charge on any atom is 0.314 e. The molecule has 0 radical (unpaired) electrons. The molecule has 0 aromatic heterocycles. The van der Waals surface area contributed by atoms with Crippen LogP contribution in [0.15, 0.2) is 0 Å². The minimum Gasteiger partial charge on any atom is -0.396 e. The Kier molecular flexibility index (Phi) is 5.16. The highest BCUT2D eigenvalue weighted by molar-refractivity contribution is 7.86. The van der Waals surface area contributed by atoms with Crippen molar-refractivity contribution < 1.29 is 14.1 Å². The van der Waals surface area contributed by atoms with Gasteiger partial charge in [0, 0.05) is 39.8 Å². The standard InChI is InChI=1S/C12H24N2O3S/c1-11(2,3)18(17)7-6-13-10(16)14-8-12(9-15)4-5-12/h15H,4-9H2,1-3H3,(H2,13,14,16). The zero-order valence-electron chi connectivity index (χ0n) is 11.4. The molecule has 0 heterocycles. The van der Waals surface area contributed by atoms with Crippen molar-refractivity contribution in [2.45, 2.75) is 38.4 Å². The molecule has 0 aromatic carbocycles. The largest absolute Gasteiger partial charge is 0.396 e. The molecule has 0 saturated heterocycles. The zero-order valence-corrected chi connectivity index (χ0v) is 12.2. The monoisotopic (exact) mass is 276 g/mol. The number of carbonyl (C=O) groups excluding carboxylic acids is 1. The summed E-state index contributed by atoms with van der Waals surface area (Å²) in [6.45, 7) is 6.80. The van der Waals surface area contributed by atoms with Crippen molar-refractivity contribution in [1.29, 1.82) is 0 Å². The van der Waals surface area contributed by atoms with E-state index in [2.05, 4.69) is 10.6 Å². The van der Waals surface area contributed by atoms with Crippen LogP contribution in [0.2, 0.25) is 0 Å². The number of aliphatic hydroxyl groups excluding tert-OH is 1. The van der Waals surface area contributed by atoms with Crippen molar-refractivity contribution in [3.05, 3.63) is 0 Å². The fraction of sp³-hybridized carbons (Fsp3) is 0.917. The number of urea groups is 1. The van der Waals surface area contributed by atoms with Crippen LogP contribution in [0, 0.1) is 5.41 Å². The molecule has 0 aromatic rings. The molecule has 1 aliphatic carbocycles. The summed E-state index contributed by atoms with van der Waals surface area (Å²) in [4.78, 5) is 11.5. The van der Waals surface area contributed by atoms with E-state index in [-0.39, 0.29) is 22.8 Å². The van der Waals surface area contributed by atoms with Crippen LogP contribution in [0.3, 0.4) is 0 Å². The van der Waals surface area contributed by atoms with E-state index in [0.717, 1.165) is 12.8 Å². The van der Waals surface area contributed by atoms with Crippen molar-refractivity contribution in [2.24, 2.45) is 5.41 Å². The van der Waals surface area contributed by atoms with Crippen LogP contribution in [-0.4, -0.2) is 45.5 Å². The Balaban J connectivity index is 2.12. The van der Waals surface area contributed by atoms with Gasteiger partial charge in [-0.1, -0.05) is 0 Å². The summed E-state index contributed by atoms with van der Waals surface area (Å²) in [5, 5.41) is 14.5. The molecule has 106 valence electrons. The molecule has 1 unspecified atom stereocenters. The molecule has 1 rings (SSSR count). The Hall–Kier alpha value is -0.620. The van der Waals surface area contributed by atoms with Gasteiger partial charge in [-0.05, 0) is 33.6 Å². The van der Waals surface area contributed by atoms with Gasteiger partial charge in [0.15, 0.2) is 0 Å². The first kappa shape index (κ1) is 15.4. The number of hydrogen-bond donors (Lipinski definition) is 3. The maximum absolute atomic E-state index is 11.7. The van der Waals surface area contributed by atoms with Crippen molar-refractivity contribution >= 4 is 16.8 Å². The Morgan fingerprint density at radius 1 is 1.33 bits per heavy atom. The van der Waals surface area contributed by atoms with Crippen LogP contribution >= 0.6 is 0 Å². The SMILES string of the molecule is CC(C)(C)S(=O)CCNC(=O)NCC1(CO)CC1. The molecule has 6 heteroatoms. The smallest absolute Gasteiger partial charge is 0.314 e. The first-order valence-electron chi connectivity index (χ1n) is 6.30. The van der Waals surface area contributed by atoms with E-state index >= 15 is 0 Å². The Bertz CT molecular complexity index is 322. The van der Waals surface area contributed by atoms with Gasteiger partial charge in [-0.2, -0.15) is 0 Å². The van der Waals surface area contributed by atoms with Gasteiger partial charge in [-0.25, -0.2) is 4.79 Å². The summed E-state index contributed by atoms with van der Waals surface area (Å²) in [6.07, 6.45) is 1.94. The second-order valence-corrected chi connectivity index (χ2v) is 8.25. The lowest BCUT2D eigenvalue weighted by Gasteiger charge is -2.18. The number of hydrogen-bond acceptors (Lipinski definition) is 3. The van der Waals surface area contributed by atoms with Gasteiger partial charge in [0.05, 0.1) is 6.61 Å². The molecule has 1 saturated carbocycles. The second kappa shape index (κ2) is 6.02. The summed E-state index contributed by atoms with van der Waals surface area (Å²) in [5.74, 6) is 0.460. The summed E-state index contributed by atoms with van der Waals surface area (Å²) in [6, 6.07) is -0.249. The van der Waals surface area contributed by atoms with Gasteiger partial charge in [0.1, 0.15) is 0 Å². The molecule has 2 amide bonds. The molecule has 0 spiro atoms. The van der Waals surface area contributed by atoms with E-state index in [1.165, 1.54) is 0 Å². The highest BCUT2D eigenvalue weighted by atomic mass is 32.2. The van der Waals surface area contributed by atoms with Crippen molar-refractivity contribution in [2.75, 3.05) is 25.4 Å². The third-order valence-electron chi connectivity index (χ3n) is 3.17. The first-order chi connectivity index (χ1) is 8.29. The molecule has 3 N–H and O–H groups in total. The van der Waals surface area contributed by atoms with Crippen LogP contribution in [0.1, 0.15) is 33.6 Å². The van der Waals surface area contributed by atoms with E-state index in [1.807, 2.05) is 20.8 Å². The Morgan fingerprint density at radius 3 is 2.39 bits per heavy atom. The third-order valence-corrected chi connectivity index (χ3v) is 5.11. The van der Waals surface area contributed by atoms with Crippen LogP contribution < -0.4 is 10.6 Å². The number of carbonyl (C=O) groups is 1.